The smallest absolute Gasteiger partial charge is 0.229 e. The van der Waals surface area contributed by atoms with Crippen LogP contribution in [0, 0.1) is 0 Å². The topological polar surface area (TPSA) is 277 Å². The third-order valence-electron chi connectivity index (χ3n) is 8.14. The molecule has 0 bridgehead atoms. The molecule has 2 fully saturated rings. The van der Waals surface area contributed by atoms with E-state index in [1.54, 1.807) is 0 Å². The van der Waals surface area contributed by atoms with Gasteiger partial charge >= 0.3 is 0 Å². The maximum Gasteiger partial charge on any atom is 0.229 e. The number of aromatic hydroxyl groups is 2. The quantitative estimate of drug-likeness (QED) is 0.111. The van der Waals surface area contributed by atoms with Crippen molar-refractivity contribution in [1.82, 2.24) is 0 Å². The van der Waals surface area contributed by atoms with Crippen molar-refractivity contribution < 1.29 is 83.5 Å². The minimum atomic E-state index is -1.91. The lowest BCUT2D eigenvalue weighted by atomic mass is 9.97. The van der Waals surface area contributed by atoms with Gasteiger partial charge in [-0.1, -0.05) is 0 Å². The molecule has 3 aromatic rings. The fraction of sp³-hybridized carbons (Fsp3) is 0.500. The molecular formula is C30H36O18. The summed E-state index contributed by atoms with van der Waals surface area (Å²) in [7, 11) is 3.81. The van der Waals surface area contributed by atoms with E-state index in [1.165, 1.54) is 26.4 Å². The molecule has 9 N–H and O–H groups in total. The van der Waals surface area contributed by atoms with Gasteiger partial charge in [-0.15, -0.1) is 0 Å². The number of hydrogen-bond acceptors (Lipinski definition) is 18. The summed E-state index contributed by atoms with van der Waals surface area (Å²) in [5.74, 6) is -1.65. The van der Waals surface area contributed by atoms with Crippen molar-refractivity contribution in [2.24, 2.45) is 0 Å². The molecule has 3 heterocycles. The first kappa shape index (κ1) is 35.4. The summed E-state index contributed by atoms with van der Waals surface area (Å²) in [4.78, 5) is 13.6. The van der Waals surface area contributed by atoms with Crippen LogP contribution in [0.5, 0.6) is 34.5 Å². The van der Waals surface area contributed by atoms with E-state index in [9.17, 15) is 50.8 Å². The Labute approximate surface area is 271 Å². The van der Waals surface area contributed by atoms with Gasteiger partial charge in [0.15, 0.2) is 29.3 Å². The molecule has 2 aliphatic heterocycles. The highest BCUT2D eigenvalue weighted by Gasteiger charge is 2.51. The van der Waals surface area contributed by atoms with E-state index in [4.69, 9.17) is 37.6 Å². The van der Waals surface area contributed by atoms with E-state index in [2.05, 4.69) is 0 Å². The van der Waals surface area contributed by atoms with Crippen molar-refractivity contribution in [2.45, 2.75) is 61.4 Å². The Bertz CT molecular complexity index is 1660. The number of rotatable bonds is 10. The summed E-state index contributed by atoms with van der Waals surface area (Å²) < 4.78 is 43.5. The number of fused-ring (bicyclic) bond motifs is 1. The summed E-state index contributed by atoms with van der Waals surface area (Å²) in [6.45, 7) is -1.58. The predicted molar refractivity (Wildman–Crippen MR) is 158 cm³/mol. The van der Waals surface area contributed by atoms with Crippen LogP contribution in [-0.4, -0.2) is 142 Å². The van der Waals surface area contributed by atoms with Gasteiger partial charge in [-0.2, -0.15) is 0 Å². The molecule has 0 aliphatic carbocycles. The number of ether oxygens (including phenoxy) is 7. The lowest BCUT2D eigenvalue weighted by molar-refractivity contribution is -0.352. The molecule has 2 aromatic carbocycles. The fourth-order valence-electron chi connectivity index (χ4n) is 5.58. The number of benzene rings is 2. The molecule has 1 aromatic heterocycles. The van der Waals surface area contributed by atoms with Gasteiger partial charge in [-0.25, -0.2) is 0 Å². The van der Waals surface area contributed by atoms with Crippen LogP contribution in [0.4, 0.5) is 0 Å². The average Bonchev–Trinajstić information content (AvgIpc) is 3.07. The van der Waals surface area contributed by atoms with E-state index < -0.39 is 91.6 Å². The molecule has 0 saturated carbocycles. The molecule has 18 nitrogen and oxygen atoms in total. The monoisotopic (exact) mass is 684 g/mol. The average molecular weight is 685 g/mol. The van der Waals surface area contributed by atoms with Crippen LogP contribution in [-0.2, 0) is 14.2 Å². The molecule has 0 amide bonds. The Kier molecular flexibility index (Phi) is 10.5. The number of phenols is 2. The Hall–Kier alpha value is -3.95. The molecule has 264 valence electrons. The van der Waals surface area contributed by atoms with E-state index >= 15 is 0 Å². The van der Waals surface area contributed by atoms with Gasteiger partial charge in [0.1, 0.15) is 66.1 Å². The van der Waals surface area contributed by atoms with Gasteiger partial charge in [-0.3, -0.25) is 4.79 Å². The summed E-state index contributed by atoms with van der Waals surface area (Å²) in [6, 6.07) is 3.80. The first-order chi connectivity index (χ1) is 22.9. The molecule has 2 aliphatic rings. The van der Waals surface area contributed by atoms with E-state index in [1.807, 2.05) is 0 Å². The molecule has 0 spiro atoms. The molecule has 10 atom stereocenters. The van der Waals surface area contributed by atoms with Crippen molar-refractivity contribution in [2.75, 3.05) is 34.5 Å². The first-order valence-electron chi connectivity index (χ1n) is 14.5. The molecule has 0 unspecified atom stereocenters. The highest BCUT2D eigenvalue weighted by molar-refractivity contribution is 5.91. The number of aliphatic hydroxyl groups excluding tert-OH is 7. The van der Waals surface area contributed by atoms with Crippen LogP contribution >= 0.6 is 0 Å². The third-order valence-corrected chi connectivity index (χ3v) is 8.14. The molecule has 48 heavy (non-hydrogen) atoms. The number of hydrogen-bond donors (Lipinski definition) is 9. The SMILES string of the molecule is COc1cc(-c2coc3cc(O[C@@H]4O[C@H](CO)[C@@H](O)[C@H](O[C@@H]5O[C@H](CO)[C@@H](O)[C@H](O)[C@H]5O)[C@H]4O)c(OC)c(O)c3c2=O)cc(O)c1OC. The summed E-state index contributed by atoms with van der Waals surface area (Å²) >= 11 is 0. The molecule has 5 rings (SSSR count). The van der Waals surface area contributed by atoms with E-state index in [0.29, 0.717) is 0 Å². The lowest BCUT2D eigenvalue weighted by Gasteiger charge is -2.45. The maximum absolute atomic E-state index is 13.6. The second-order valence-corrected chi connectivity index (χ2v) is 11.0. The molecule has 2 saturated heterocycles. The van der Waals surface area contributed by atoms with Gasteiger partial charge in [0.2, 0.25) is 23.2 Å². The lowest BCUT2D eigenvalue weighted by Crippen LogP contribution is -2.65. The zero-order chi connectivity index (χ0) is 35.0. The number of aliphatic hydroxyl groups is 7. The zero-order valence-electron chi connectivity index (χ0n) is 25.7. The van der Waals surface area contributed by atoms with E-state index in [-0.39, 0.29) is 45.1 Å². The number of phenolic OH excluding ortho intramolecular Hbond substituents is 2. The van der Waals surface area contributed by atoms with Gasteiger partial charge in [0.25, 0.3) is 0 Å². The third kappa shape index (κ3) is 6.18. The summed E-state index contributed by atoms with van der Waals surface area (Å²) in [5, 5.41) is 93.1. The van der Waals surface area contributed by atoms with Gasteiger partial charge in [0, 0.05) is 6.07 Å². The maximum atomic E-state index is 13.6. The van der Waals surface area contributed by atoms with Crippen molar-refractivity contribution in [3.05, 3.63) is 34.7 Å². The first-order valence-corrected chi connectivity index (χ1v) is 14.5. The van der Waals surface area contributed by atoms with Crippen molar-refractivity contribution in [3.63, 3.8) is 0 Å². The van der Waals surface area contributed by atoms with Crippen LogP contribution in [0.1, 0.15) is 0 Å². The minimum Gasteiger partial charge on any atom is -0.504 e. The van der Waals surface area contributed by atoms with Crippen molar-refractivity contribution >= 4 is 11.0 Å². The van der Waals surface area contributed by atoms with Gasteiger partial charge in [-0.05, 0) is 17.7 Å². The van der Waals surface area contributed by atoms with E-state index in [0.717, 1.165) is 19.4 Å². The van der Waals surface area contributed by atoms with Crippen LogP contribution in [0.2, 0.25) is 0 Å². The number of methoxy groups -OCH3 is 3. The Morgan fingerprint density at radius 2 is 1.38 bits per heavy atom. The van der Waals surface area contributed by atoms with Crippen LogP contribution in [0.15, 0.2) is 33.7 Å². The largest absolute Gasteiger partial charge is 0.504 e. The van der Waals surface area contributed by atoms with Crippen molar-refractivity contribution in [1.29, 1.82) is 0 Å². The Morgan fingerprint density at radius 1 is 0.729 bits per heavy atom. The second-order valence-electron chi connectivity index (χ2n) is 11.0. The van der Waals surface area contributed by atoms with Crippen LogP contribution in [0.25, 0.3) is 22.1 Å². The highest BCUT2D eigenvalue weighted by Crippen LogP contribution is 2.45. The van der Waals surface area contributed by atoms with Crippen molar-refractivity contribution in [3.8, 4) is 45.6 Å². The highest BCUT2D eigenvalue weighted by atomic mass is 16.7. The molecular weight excluding hydrogens is 648 g/mol. The van der Waals surface area contributed by atoms with Gasteiger partial charge < -0.3 is 83.5 Å². The molecule has 18 heteroatoms. The van der Waals surface area contributed by atoms with Crippen LogP contribution < -0.4 is 24.4 Å². The standard InChI is InChI=1S/C30H36O18/c1-41-14-5-10(4-12(33)26(14)42-2)11-9-44-13-6-15(27(43-3)22(37)18(13)19(11)34)45-30-25(40)28(21(36)17(8-32)47-30)48-29-24(39)23(38)20(35)16(7-31)46-29/h4-6,9,16-17,20-21,23-25,28-33,35-40H,7-8H2,1-3H3/t16-,17-,20-,21-,23+,24-,25-,28+,29+,30-/m1/s1. The zero-order valence-corrected chi connectivity index (χ0v) is 25.7. The minimum absolute atomic E-state index is 0.0293. The summed E-state index contributed by atoms with van der Waals surface area (Å²) in [6.07, 6.45) is -16.1. The summed E-state index contributed by atoms with van der Waals surface area (Å²) in [5.41, 5.74) is -0.864. The predicted octanol–water partition coefficient (Wildman–Crippen LogP) is -2.10. The second kappa shape index (κ2) is 14.3. The Morgan fingerprint density at radius 3 is 2.00 bits per heavy atom. The van der Waals surface area contributed by atoms with Crippen LogP contribution in [0.3, 0.4) is 0 Å². The normalized spacial score (nSPS) is 30.6. The fourth-order valence-corrected chi connectivity index (χ4v) is 5.58. The Balaban J connectivity index is 1.48. The molecule has 0 radical (unpaired) electrons. The van der Waals surface area contributed by atoms with Gasteiger partial charge in [0.05, 0.1) is 40.1 Å².